The minimum Gasteiger partial charge on any atom is -0.465 e. The third kappa shape index (κ3) is 3.05. The molecule has 0 spiro atoms. The van der Waals surface area contributed by atoms with E-state index in [1.54, 1.807) is 14.0 Å². The molecule has 0 aromatic carbocycles. The zero-order valence-electron chi connectivity index (χ0n) is 15.6. The molecule has 0 bridgehead atoms. The summed E-state index contributed by atoms with van der Waals surface area (Å²) in [6.45, 7) is 6.66. The van der Waals surface area contributed by atoms with E-state index in [-0.39, 0.29) is 22.9 Å². The highest BCUT2D eigenvalue weighted by atomic mass is 32.2. The lowest BCUT2D eigenvalue weighted by atomic mass is 9.94. The first-order valence-corrected chi connectivity index (χ1v) is 10.4. The summed E-state index contributed by atoms with van der Waals surface area (Å²) in [5, 5.41) is 9.63. The molecule has 144 valence electrons. The van der Waals surface area contributed by atoms with E-state index in [4.69, 9.17) is 9.47 Å². The number of aromatic nitrogens is 4. The Balaban J connectivity index is 1.90. The van der Waals surface area contributed by atoms with Crippen LogP contribution in [0.2, 0.25) is 0 Å². The van der Waals surface area contributed by atoms with E-state index in [0.29, 0.717) is 36.0 Å². The third-order valence-corrected chi connectivity index (χ3v) is 6.62. The second-order valence-corrected chi connectivity index (χ2v) is 9.01. The lowest BCUT2D eigenvalue weighted by Crippen LogP contribution is -2.32. The Kier molecular flexibility index (Phi) is 4.52. The maximum Gasteiger partial charge on any atom is 0.316 e. The van der Waals surface area contributed by atoms with Gasteiger partial charge in [-0.3, -0.25) is 14.2 Å². The first-order valence-electron chi connectivity index (χ1n) is 8.63. The van der Waals surface area contributed by atoms with Crippen molar-refractivity contribution in [1.82, 2.24) is 19.2 Å². The topological polar surface area (TPSA) is 87.7 Å². The van der Waals surface area contributed by atoms with Crippen molar-refractivity contribution in [3.63, 3.8) is 0 Å². The van der Waals surface area contributed by atoms with E-state index in [1.165, 1.54) is 27.7 Å². The molecule has 4 rings (SSSR count). The van der Waals surface area contributed by atoms with Crippen LogP contribution in [0.1, 0.15) is 31.2 Å². The van der Waals surface area contributed by atoms with Crippen LogP contribution in [0.5, 0.6) is 0 Å². The molecule has 0 atom stereocenters. The predicted molar refractivity (Wildman–Crippen MR) is 104 cm³/mol. The maximum atomic E-state index is 13.0. The summed E-state index contributed by atoms with van der Waals surface area (Å²) in [5.41, 5.74) is 0.654. The molecule has 4 heterocycles. The molecule has 0 fully saturated rings. The summed E-state index contributed by atoms with van der Waals surface area (Å²) in [6, 6.07) is 0. The van der Waals surface area contributed by atoms with Crippen molar-refractivity contribution in [1.29, 1.82) is 0 Å². The highest BCUT2D eigenvalue weighted by Crippen LogP contribution is 2.38. The van der Waals surface area contributed by atoms with Crippen molar-refractivity contribution in [2.45, 2.75) is 44.6 Å². The lowest BCUT2D eigenvalue weighted by molar-refractivity contribution is -0.139. The van der Waals surface area contributed by atoms with Crippen molar-refractivity contribution in [3.8, 4) is 0 Å². The molecule has 0 unspecified atom stereocenters. The molecule has 0 aliphatic carbocycles. The van der Waals surface area contributed by atoms with Gasteiger partial charge in [0.1, 0.15) is 4.83 Å². The number of esters is 1. The number of nitrogens with zero attached hydrogens (tertiary/aromatic N) is 4. The zero-order valence-corrected chi connectivity index (χ0v) is 17.2. The third-order valence-electron chi connectivity index (χ3n) is 4.53. The van der Waals surface area contributed by atoms with Crippen molar-refractivity contribution in [3.05, 3.63) is 20.8 Å². The number of aryl methyl sites for hydroxylation is 1. The van der Waals surface area contributed by atoms with Crippen LogP contribution < -0.4 is 5.56 Å². The van der Waals surface area contributed by atoms with Crippen molar-refractivity contribution in [2.75, 3.05) is 12.4 Å². The van der Waals surface area contributed by atoms with Gasteiger partial charge in [-0.1, -0.05) is 11.8 Å². The number of rotatable bonds is 4. The van der Waals surface area contributed by atoms with Crippen LogP contribution in [0.4, 0.5) is 0 Å². The van der Waals surface area contributed by atoms with Crippen LogP contribution in [0.3, 0.4) is 0 Å². The maximum absolute atomic E-state index is 13.0. The van der Waals surface area contributed by atoms with Gasteiger partial charge in [0.2, 0.25) is 5.78 Å². The molecule has 0 saturated heterocycles. The SMILES string of the molecule is CCOC(=O)CSc1nnc2n(C)c(=O)c3c4c(sc3n12)COC(C)(C)C4. The molecule has 3 aromatic heterocycles. The van der Waals surface area contributed by atoms with Crippen LogP contribution in [-0.2, 0) is 34.3 Å². The quantitative estimate of drug-likeness (QED) is 0.483. The Morgan fingerprint density at radius 3 is 2.93 bits per heavy atom. The predicted octanol–water partition coefficient (Wildman–Crippen LogP) is 2.15. The highest BCUT2D eigenvalue weighted by Gasteiger charge is 2.32. The molecular weight excluding hydrogens is 388 g/mol. The number of thiophene rings is 1. The summed E-state index contributed by atoms with van der Waals surface area (Å²) in [7, 11) is 1.69. The Morgan fingerprint density at radius 1 is 1.41 bits per heavy atom. The number of thioether (sulfide) groups is 1. The van der Waals surface area contributed by atoms with Gasteiger partial charge >= 0.3 is 5.97 Å². The summed E-state index contributed by atoms with van der Waals surface area (Å²) in [4.78, 5) is 26.6. The minimum atomic E-state index is -0.310. The number of hydrogen-bond acceptors (Lipinski definition) is 8. The molecule has 27 heavy (non-hydrogen) atoms. The Morgan fingerprint density at radius 2 is 2.19 bits per heavy atom. The fourth-order valence-corrected chi connectivity index (χ4v) is 5.26. The minimum absolute atomic E-state index is 0.0814. The monoisotopic (exact) mass is 408 g/mol. The van der Waals surface area contributed by atoms with Gasteiger partial charge in [-0.25, -0.2) is 4.40 Å². The normalized spacial score (nSPS) is 16.0. The largest absolute Gasteiger partial charge is 0.465 e. The first kappa shape index (κ1) is 18.5. The van der Waals surface area contributed by atoms with Crippen molar-refractivity contribution in [2.24, 2.45) is 7.05 Å². The van der Waals surface area contributed by atoms with Gasteiger partial charge < -0.3 is 9.47 Å². The van der Waals surface area contributed by atoms with E-state index in [1.807, 2.05) is 18.2 Å². The Labute approximate surface area is 163 Å². The lowest BCUT2D eigenvalue weighted by Gasteiger charge is -2.29. The van der Waals surface area contributed by atoms with Crippen LogP contribution in [0.15, 0.2) is 9.95 Å². The van der Waals surface area contributed by atoms with Gasteiger partial charge in [0, 0.05) is 18.3 Å². The molecule has 0 amide bonds. The highest BCUT2D eigenvalue weighted by molar-refractivity contribution is 7.99. The smallest absolute Gasteiger partial charge is 0.316 e. The summed E-state index contributed by atoms with van der Waals surface area (Å²) < 4.78 is 14.3. The van der Waals surface area contributed by atoms with Crippen molar-refractivity contribution >= 4 is 45.1 Å². The van der Waals surface area contributed by atoms with Gasteiger partial charge in [-0.15, -0.1) is 21.5 Å². The van der Waals surface area contributed by atoms with E-state index in [2.05, 4.69) is 10.2 Å². The molecule has 1 aliphatic rings. The molecule has 8 nitrogen and oxygen atoms in total. The number of carbonyl (C=O) groups excluding carboxylic acids is 1. The van der Waals surface area contributed by atoms with E-state index in [9.17, 15) is 9.59 Å². The van der Waals surface area contributed by atoms with Gasteiger partial charge in [0.25, 0.3) is 5.56 Å². The fraction of sp³-hybridized carbons (Fsp3) is 0.529. The number of fused-ring (bicyclic) bond motifs is 5. The van der Waals surface area contributed by atoms with Crippen LogP contribution in [0.25, 0.3) is 16.0 Å². The number of hydrogen-bond donors (Lipinski definition) is 0. The van der Waals surface area contributed by atoms with Crippen LogP contribution >= 0.6 is 23.1 Å². The Bertz CT molecular complexity index is 1110. The van der Waals surface area contributed by atoms with Crippen LogP contribution in [-0.4, -0.2) is 43.1 Å². The second-order valence-electron chi connectivity index (χ2n) is 6.98. The fourth-order valence-electron chi connectivity index (χ4n) is 3.25. The van der Waals surface area contributed by atoms with E-state index < -0.39 is 0 Å². The molecule has 0 N–H and O–H groups in total. The van der Waals surface area contributed by atoms with Crippen LogP contribution in [0, 0.1) is 0 Å². The molecule has 0 radical (unpaired) electrons. The zero-order chi connectivity index (χ0) is 19.3. The summed E-state index contributed by atoms with van der Waals surface area (Å²) >= 11 is 2.79. The average Bonchev–Trinajstić information content (AvgIpc) is 3.18. The number of carbonyl (C=O) groups is 1. The molecule has 0 saturated carbocycles. The van der Waals surface area contributed by atoms with Gasteiger partial charge in [-0.2, -0.15) is 0 Å². The molecule has 1 aliphatic heterocycles. The van der Waals surface area contributed by atoms with E-state index in [0.717, 1.165) is 15.3 Å². The second kappa shape index (κ2) is 6.61. The molecular formula is C17H20N4O4S2. The van der Waals surface area contributed by atoms with Crippen molar-refractivity contribution < 1.29 is 14.3 Å². The van der Waals surface area contributed by atoms with Gasteiger partial charge in [0.05, 0.1) is 30.0 Å². The summed E-state index contributed by atoms with van der Waals surface area (Å²) in [6.07, 6.45) is 0.677. The molecule has 3 aromatic rings. The standard InChI is InChI=1S/C17H20N4O4S2/c1-5-24-11(22)8-26-16-19-18-15-20(4)13(23)12-9-6-17(2,3)25-7-10(9)27-14(12)21(15)16/h5-8H2,1-4H3. The average molecular weight is 409 g/mol. The Hall–Kier alpha value is -1.91. The first-order chi connectivity index (χ1) is 12.8. The summed E-state index contributed by atoms with van der Waals surface area (Å²) in [5.74, 6) is 0.291. The molecule has 10 heteroatoms. The van der Waals surface area contributed by atoms with Gasteiger partial charge in [0.15, 0.2) is 5.16 Å². The number of ether oxygens (including phenoxy) is 2. The van der Waals surface area contributed by atoms with E-state index >= 15 is 0 Å². The van der Waals surface area contributed by atoms with Gasteiger partial charge in [-0.05, 0) is 26.3 Å².